The molecule has 1 heterocycles. The molecule has 0 fully saturated rings. The molecule has 0 aromatic heterocycles. The Kier molecular flexibility index (Phi) is 3.93. The van der Waals surface area contributed by atoms with Gasteiger partial charge < -0.3 is 10.2 Å². The molecular weight excluding hydrogens is 310 g/mol. The summed E-state index contributed by atoms with van der Waals surface area (Å²) in [5.41, 5.74) is 2.18. The average Bonchev–Trinajstić information content (AvgIpc) is 2.55. The molecule has 0 saturated carbocycles. The number of hydrogen-bond acceptors (Lipinski definition) is 5. The number of fused-ring (bicyclic) bond motifs is 1. The van der Waals surface area contributed by atoms with Crippen LogP contribution >= 0.6 is 0 Å². The number of phenols is 2. The van der Waals surface area contributed by atoms with Gasteiger partial charge in [-0.25, -0.2) is 10.4 Å². The zero-order chi connectivity index (χ0) is 17.1. The maximum absolute atomic E-state index is 11.9. The fourth-order valence-corrected chi connectivity index (χ4v) is 2.09. The Labute approximate surface area is 135 Å². The zero-order valence-electron chi connectivity index (χ0n) is 12.2. The first-order valence-electron chi connectivity index (χ1n) is 6.89. The SMILES string of the molecule is O=C1N=c2ccccc2=CC1=C=NNC(=O)c1ccc(O)cc1O. The number of hydrogen-bond donors (Lipinski definition) is 3. The third-order valence-electron chi connectivity index (χ3n) is 3.25. The van der Waals surface area contributed by atoms with Gasteiger partial charge in [0.2, 0.25) is 0 Å². The molecule has 7 nitrogen and oxygen atoms in total. The van der Waals surface area contributed by atoms with Gasteiger partial charge in [0.25, 0.3) is 11.8 Å². The number of benzene rings is 2. The van der Waals surface area contributed by atoms with Crippen molar-refractivity contribution in [1.29, 1.82) is 0 Å². The molecule has 0 atom stereocenters. The highest BCUT2D eigenvalue weighted by atomic mass is 16.3. The van der Waals surface area contributed by atoms with E-state index in [1.165, 1.54) is 12.1 Å². The molecule has 1 aliphatic heterocycles. The first kappa shape index (κ1) is 15.2. The smallest absolute Gasteiger partial charge is 0.287 e. The third-order valence-corrected chi connectivity index (χ3v) is 3.25. The highest BCUT2D eigenvalue weighted by Crippen LogP contribution is 2.22. The summed E-state index contributed by atoms with van der Waals surface area (Å²) in [6.07, 6.45) is 1.57. The Balaban J connectivity index is 1.85. The number of aromatic hydroxyl groups is 2. The molecule has 2 aromatic carbocycles. The van der Waals surface area contributed by atoms with Gasteiger partial charge in [-0.3, -0.25) is 9.59 Å². The van der Waals surface area contributed by atoms with Gasteiger partial charge in [-0.2, -0.15) is 0 Å². The van der Waals surface area contributed by atoms with Gasteiger partial charge in [-0.05, 0) is 24.3 Å². The molecule has 0 radical (unpaired) electrons. The summed E-state index contributed by atoms with van der Waals surface area (Å²) < 4.78 is 0. The fraction of sp³-hybridized carbons (Fsp3) is 0. The van der Waals surface area contributed by atoms with Crippen LogP contribution in [0, 0.1) is 0 Å². The number of phenolic OH excluding ortho intramolecular Hbond substituents is 2. The summed E-state index contributed by atoms with van der Waals surface area (Å²) in [5.74, 6) is 0.643. The lowest BCUT2D eigenvalue weighted by molar-refractivity contribution is -0.114. The molecular formula is C17H11N3O4. The fourth-order valence-electron chi connectivity index (χ4n) is 2.09. The van der Waals surface area contributed by atoms with Gasteiger partial charge in [0.15, 0.2) is 0 Å². The average molecular weight is 321 g/mol. The number of nitrogens with zero attached hydrogens (tertiary/aromatic N) is 2. The second-order valence-electron chi connectivity index (χ2n) is 4.90. The van der Waals surface area contributed by atoms with Crippen LogP contribution in [0.3, 0.4) is 0 Å². The Hall–Kier alpha value is -3.70. The van der Waals surface area contributed by atoms with Crippen molar-refractivity contribution in [2.45, 2.75) is 0 Å². The zero-order valence-corrected chi connectivity index (χ0v) is 12.2. The number of nitrogens with one attached hydrogen (secondary N) is 1. The second-order valence-corrected chi connectivity index (χ2v) is 4.90. The van der Waals surface area contributed by atoms with Crippen molar-refractivity contribution in [3.05, 3.63) is 64.2 Å². The minimum atomic E-state index is -0.707. The standard InChI is InChI=1S/C17H11N3O4/c21-12-5-6-13(15(22)8-12)17(24)20-18-9-11-7-10-3-1-2-4-14(10)19-16(11)23/h1-8,21-22H,(H,20,24). The van der Waals surface area contributed by atoms with Gasteiger partial charge in [0, 0.05) is 17.2 Å². The lowest BCUT2D eigenvalue weighted by Gasteiger charge is -2.02. The van der Waals surface area contributed by atoms with Gasteiger partial charge in [0.1, 0.15) is 17.1 Å². The van der Waals surface area contributed by atoms with Gasteiger partial charge >= 0.3 is 0 Å². The lowest BCUT2D eigenvalue weighted by atomic mass is 10.1. The monoisotopic (exact) mass is 321 g/mol. The van der Waals surface area contributed by atoms with Crippen LogP contribution in [-0.4, -0.2) is 27.9 Å². The minimum Gasteiger partial charge on any atom is -0.508 e. The van der Waals surface area contributed by atoms with Crippen molar-refractivity contribution in [3.63, 3.8) is 0 Å². The van der Waals surface area contributed by atoms with Crippen LogP contribution in [0.1, 0.15) is 10.4 Å². The number of amides is 2. The van der Waals surface area contributed by atoms with Crippen LogP contribution in [0.5, 0.6) is 11.5 Å². The summed E-state index contributed by atoms with van der Waals surface area (Å²) in [7, 11) is 0. The van der Waals surface area contributed by atoms with E-state index in [0.29, 0.717) is 5.36 Å². The van der Waals surface area contributed by atoms with Gasteiger partial charge in [-0.15, -0.1) is 5.10 Å². The molecule has 0 spiro atoms. The number of carbonyl (C=O) groups excluding carboxylic acids is 2. The molecule has 0 saturated heterocycles. The Bertz CT molecular complexity index is 1030. The Morgan fingerprint density at radius 2 is 1.96 bits per heavy atom. The Morgan fingerprint density at radius 1 is 1.17 bits per heavy atom. The van der Waals surface area contributed by atoms with Crippen LogP contribution < -0.4 is 16.0 Å². The van der Waals surface area contributed by atoms with Crippen LogP contribution in [0.2, 0.25) is 0 Å². The highest BCUT2D eigenvalue weighted by Gasteiger charge is 2.12. The molecule has 0 bridgehead atoms. The van der Waals surface area contributed by atoms with Gasteiger partial charge in [0.05, 0.1) is 10.9 Å². The molecule has 0 aliphatic carbocycles. The molecule has 2 amide bonds. The highest BCUT2D eigenvalue weighted by molar-refractivity contribution is 6.10. The van der Waals surface area contributed by atoms with Crippen molar-refractivity contribution in [2.24, 2.45) is 10.1 Å². The van der Waals surface area contributed by atoms with Crippen molar-refractivity contribution in [2.75, 3.05) is 0 Å². The largest absolute Gasteiger partial charge is 0.508 e. The third kappa shape index (κ3) is 3.06. The minimum absolute atomic E-state index is 0.0719. The van der Waals surface area contributed by atoms with E-state index < -0.39 is 11.8 Å². The second kappa shape index (κ2) is 6.20. The summed E-state index contributed by atoms with van der Waals surface area (Å²) in [6, 6.07) is 10.6. The van der Waals surface area contributed by atoms with E-state index in [9.17, 15) is 19.8 Å². The molecule has 0 unspecified atom stereocenters. The predicted octanol–water partition coefficient (Wildman–Crippen LogP) is -0.0208. The van der Waals surface area contributed by atoms with Gasteiger partial charge in [-0.1, -0.05) is 18.2 Å². The molecule has 3 rings (SSSR count). The molecule has 1 aliphatic rings. The lowest BCUT2D eigenvalue weighted by Crippen LogP contribution is -2.30. The summed E-state index contributed by atoms with van der Waals surface area (Å²) in [6.45, 7) is 0. The first-order chi connectivity index (χ1) is 11.5. The van der Waals surface area contributed by atoms with Crippen LogP contribution in [-0.2, 0) is 4.79 Å². The first-order valence-corrected chi connectivity index (χ1v) is 6.89. The van der Waals surface area contributed by atoms with Crippen molar-refractivity contribution >= 4 is 23.8 Å². The van der Waals surface area contributed by atoms with Crippen molar-refractivity contribution in [1.82, 2.24) is 5.43 Å². The maximum Gasteiger partial charge on any atom is 0.287 e. The van der Waals surface area contributed by atoms with E-state index in [4.69, 9.17) is 0 Å². The number of rotatable bonds is 2. The van der Waals surface area contributed by atoms with Crippen molar-refractivity contribution < 1.29 is 19.8 Å². The van der Waals surface area contributed by atoms with E-state index >= 15 is 0 Å². The summed E-state index contributed by atoms with van der Waals surface area (Å²) in [4.78, 5) is 27.6. The summed E-state index contributed by atoms with van der Waals surface area (Å²) in [5, 5.41) is 23.7. The number of carbonyl (C=O) groups is 2. The quantitative estimate of drug-likeness (QED) is 0.410. The normalized spacial score (nSPS) is 12.3. The maximum atomic E-state index is 11.9. The molecule has 24 heavy (non-hydrogen) atoms. The Morgan fingerprint density at radius 3 is 2.75 bits per heavy atom. The molecule has 118 valence electrons. The topological polar surface area (TPSA) is 111 Å². The molecule has 7 heteroatoms. The van der Waals surface area contributed by atoms with Crippen LogP contribution in [0.4, 0.5) is 0 Å². The van der Waals surface area contributed by atoms with E-state index in [-0.39, 0.29) is 22.6 Å². The van der Waals surface area contributed by atoms with Crippen molar-refractivity contribution in [3.8, 4) is 11.5 Å². The van der Waals surface area contributed by atoms with E-state index in [2.05, 4.69) is 21.4 Å². The predicted molar refractivity (Wildman–Crippen MR) is 84.9 cm³/mol. The van der Waals surface area contributed by atoms with E-state index in [1.807, 2.05) is 6.07 Å². The molecule has 3 N–H and O–H groups in total. The number of para-hydroxylation sites is 1. The number of hydrazone groups is 1. The van der Waals surface area contributed by atoms with Crippen LogP contribution in [0.25, 0.3) is 6.08 Å². The van der Waals surface area contributed by atoms with E-state index in [0.717, 1.165) is 11.3 Å². The van der Waals surface area contributed by atoms with E-state index in [1.54, 1.807) is 24.3 Å². The summed E-state index contributed by atoms with van der Waals surface area (Å²) >= 11 is 0. The van der Waals surface area contributed by atoms with Crippen LogP contribution in [0.15, 0.2) is 58.1 Å². The molecule has 2 aromatic rings.